The highest BCUT2D eigenvalue weighted by Crippen LogP contribution is 2.34. The number of carbonyl (C=O) groups is 2. The van der Waals surface area contributed by atoms with Crippen molar-refractivity contribution in [2.75, 3.05) is 20.2 Å². The summed E-state index contributed by atoms with van der Waals surface area (Å²) < 4.78 is 9.44. The number of aliphatic hydroxyl groups is 1. The van der Waals surface area contributed by atoms with Gasteiger partial charge in [-0.3, -0.25) is 4.79 Å². The molecule has 0 saturated carbocycles. The monoisotopic (exact) mass is 387 g/mol. The minimum absolute atomic E-state index is 0.318. The van der Waals surface area contributed by atoms with Crippen molar-refractivity contribution in [2.45, 2.75) is 44.8 Å². The lowest BCUT2D eigenvalue weighted by molar-refractivity contribution is -0.138. The van der Waals surface area contributed by atoms with Gasteiger partial charge in [0.2, 0.25) is 0 Å². The maximum absolute atomic E-state index is 12.1. The van der Waals surface area contributed by atoms with Gasteiger partial charge in [-0.1, -0.05) is 24.3 Å². The van der Waals surface area contributed by atoms with Crippen LogP contribution in [-0.2, 0) is 19.9 Å². The summed E-state index contributed by atoms with van der Waals surface area (Å²) in [6.45, 7) is 7.47. The zero-order valence-corrected chi connectivity index (χ0v) is 17.0. The van der Waals surface area contributed by atoms with E-state index in [0.717, 1.165) is 29.4 Å². The van der Waals surface area contributed by atoms with E-state index in [1.807, 2.05) is 51.1 Å². The van der Waals surface area contributed by atoms with E-state index >= 15 is 0 Å². The summed E-state index contributed by atoms with van der Waals surface area (Å²) >= 11 is 0. The molecule has 2 aromatic rings. The standard InChI is InChI=1S/C17H19NO3.C5H10O2/c1-21-16(19)15-11-13(17(20)6-8-18-9-7-17)10-12-4-2-3-5-14(12)15;1-5(2,3)7-4-6/h2-5,10-11,18,20H,6-9H2,1H3;4H,1-3H3. The van der Waals surface area contributed by atoms with Crippen LogP contribution in [0.2, 0.25) is 0 Å². The van der Waals surface area contributed by atoms with E-state index in [9.17, 15) is 14.7 Å². The quantitative estimate of drug-likeness (QED) is 0.622. The molecule has 1 fully saturated rings. The van der Waals surface area contributed by atoms with Crippen LogP contribution in [0.25, 0.3) is 10.8 Å². The molecule has 152 valence electrons. The SMILES string of the molecule is CC(C)(C)OC=O.COC(=O)c1cc(C2(O)CCNCC2)cc2ccccc12. The second kappa shape index (κ2) is 9.17. The van der Waals surface area contributed by atoms with Crippen LogP contribution < -0.4 is 5.32 Å². The molecule has 3 rings (SSSR count). The second-order valence-electron chi connectivity index (χ2n) is 7.84. The van der Waals surface area contributed by atoms with Crippen molar-refractivity contribution in [1.29, 1.82) is 0 Å². The fourth-order valence-corrected chi connectivity index (χ4v) is 3.13. The summed E-state index contributed by atoms with van der Waals surface area (Å²) in [4.78, 5) is 21.6. The summed E-state index contributed by atoms with van der Waals surface area (Å²) in [6.07, 6.45) is 1.29. The first-order valence-electron chi connectivity index (χ1n) is 9.36. The number of carbonyl (C=O) groups excluding carboxylic acids is 2. The molecule has 0 radical (unpaired) electrons. The third-order valence-corrected chi connectivity index (χ3v) is 4.64. The number of esters is 1. The van der Waals surface area contributed by atoms with Crippen LogP contribution >= 0.6 is 0 Å². The Balaban J connectivity index is 0.000000345. The van der Waals surface area contributed by atoms with Crippen LogP contribution in [0.5, 0.6) is 0 Å². The molecule has 0 bridgehead atoms. The lowest BCUT2D eigenvalue weighted by Crippen LogP contribution is -2.39. The molecule has 0 unspecified atom stereocenters. The highest BCUT2D eigenvalue weighted by atomic mass is 16.5. The van der Waals surface area contributed by atoms with Crippen LogP contribution in [-0.4, -0.2) is 43.3 Å². The molecular formula is C22H29NO5. The molecule has 0 atom stereocenters. The fourth-order valence-electron chi connectivity index (χ4n) is 3.13. The van der Waals surface area contributed by atoms with Gasteiger partial charge in [-0.15, -0.1) is 0 Å². The predicted octanol–water partition coefficient (Wildman–Crippen LogP) is 3.16. The molecule has 1 aliphatic rings. The number of hydrogen-bond acceptors (Lipinski definition) is 6. The third-order valence-electron chi connectivity index (χ3n) is 4.64. The molecule has 1 saturated heterocycles. The second-order valence-corrected chi connectivity index (χ2v) is 7.84. The molecule has 0 aliphatic carbocycles. The van der Waals surface area contributed by atoms with E-state index in [-0.39, 0.29) is 11.6 Å². The van der Waals surface area contributed by atoms with E-state index in [4.69, 9.17) is 4.74 Å². The molecule has 0 aromatic heterocycles. The van der Waals surface area contributed by atoms with Crippen molar-refractivity contribution in [3.05, 3.63) is 47.5 Å². The van der Waals surface area contributed by atoms with Gasteiger partial charge in [-0.05, 0) is 75.2 Å². The number of piperidine rings is 1. The lowest BCUT2D eigenvalue weighted by atomic mass is 9.83. The van der Waals surface area contributed by atoms with Crippen molar-refractivity contribution < 1.29 is 24.2 Å². The number of benzene rings is 2. The van der Waals surface area contributed by atoms with Crippen molar-refractivity contribution in [3.63, 3.8) is 0 Å². The van der Waals surface area contributed by atoms with Gasteiger partial charge < -0.3 is 19.9 Å². The Morgan fingerprint density at radius 3 is 2.36 bits per heavy atom. The molecule has 28 heavy (non-hydrogen) atoms. The lowest BCUT2D eigenvalue weighted by Gasteiger charge is -2.33. The molecule has 1 heterocycles. The van der Waals surface area contributed by atoms with E-state index in [2.05, 4.69) is 10.1 Å². The molecule has 0 spiro atoms. The van der Waals surface area contributed by atoms with Crippen LogP contribution in [0.3, 0.4) is 0 Å². The zero-order valence-electron chi connectivity index (χ0n) is 17.0. The van der Waals surface area contributed by atoms with E-state index in [1.165, 1.54) is 7.11 Å². The van der Waals surface area contributed by atoms with Gasteiger partial charge in [0.05, 0.1) is 18.3 Å². The number of methoxy groups -OCH3 is 1. The maximum Gasteiger partial charge on any atom is 0.338 e. The first-order valence-corrected chi connectivity index (χ1v) is 9.36. The summed E-state index contributed by atoms with van der Waals surface area (Å²) in [6, 6.07) is 11.4. The zero-order chi connectivity index (χ0) is 20.8. The minimum atomic E-state index is -0.877. The Morgan fingerprint density at radius 1 is 1.18 bits per heavy atom. The van der Waals surface area contributed by atoms with Crippen LogP contribution in [0, 0.1) is 0 Å². The van der Waals surface area contributed by atoms with E-state index in [0.29, 0.717) is 24.9 Å². The third kappa shape index (κ3) is 5.53. The molecule has 0 amide bonds. The number of rotatable bonds is 3. The van der Waals surface area contributed by atoms with E-state index in [1.54, 1.807) is 6.07 Å². The van der Waals surface area contributed by atoms with Crippen molar-refractivity contribution in [1.82, 2.24) is 5.32 Å². The topological polar surface area (TPSA) is 84.9 Å². The Kier molecular flexibility index (Phi) is 7.16. The van der Waals surface area contributed by atoms with Gasteiger partial charge >= 0.3 is 5.97 Å². The van der Waals surface area contributed by atoms with Gasteiger partial charge in [0.25, 0.3) is 6.47 Å². The molecular weight excluding hydrogens is 358 g/mol. The Morgan fingerprint density at radius 2 is 1.82 bits per heavy atom. The molecule has 2 N–H and O–H groups in total. The van der Waals surface area contributed by atoms with Crippen molar-refractivity contribution >= 4 is 23.2 Å². The number of fused-ring (bicyclic) bond motifs is 1. The van der Waals surface area contributed by atoms with Crippen molar-refractivity contribution in [2.24, 2.45) is 0 Å². The van der Waals surface area contributed by atoms with Crippen LogP contribution in [0.4, 0.5) is 0 Å². The highest BCUT2D eigenvalue weighted by Gasteiger charge is 2.32. The summed E-state index contributed by atoms with van der Waals surface area (Å²) in [7, 11) is 1.38. The summed E-state index contributed by atoms with van der Waals surface area (Å²) in [5, 5.41) is 15.9. The largest absolute Gasteiger partial charge is 0.465 e. The Bertz CT molecular complexity index is 819. The Labute approximate surface area is 165 Å². The summed E-state index contributed by atoms with van der Waals surface area (Å²) in [5.74, 6) is -0.370. The molecule has 6 heteroatoms. The molecule has 2 aromatic carbocycles. The van der Waals surface area contributed by atoms with Gasteiger partial charge in [-0.25, -0.2) is 4.79 Å². The average Bonchev–Trinajstić information content (AvgIpc) is 2.66. The van der Waals surface area contributed by atoms with Gasteiger partial charge in [0.1, 0.15) is 5.60 Å². The number of hydrogen-bond donors (Lipinski definition) is 2. The number of ether oxygens (including phenoxy) is 2. The molecule has 1 aliphatic heterocycles. The smallest absolute Gasteiger partial charge is 0.338 e. The summed E-state index contributed by atoms with van der Waals surface area (Å²) in [5.41, 5.74) is 0.112. The highest BCUT2D eigenvalue weighted by molar-refractivity contribution is 6.04. The van der Waals surface area contributed by atoms with Gasteiger partial charge in [0.15, 0.2) is 0 Å². The Hall–Kier alpha value is -2.44. The van der Waals surface area contributed by atoms with E-state index < -0.39 is 5.60 Å². The first-order chi connectivity index (χ1) is 13.2. The normalized spacial score (nSPS) is 15.9. The van der Waals surface area contributed by atoms with Crippen LogP contribution in [0.15, 0.2) is 36.4 Å². The van der Waals surface area contributed by atoms with Gasteiger partial charge in [0, 0.05) is 0 Å². The van der Waals surface area contributed by atoms with Gasteiger partial charge in [-0.2, -0.15) is 0 Å². The van der Waals surface area contributed by atoms with Crippen LogP contribution in [0.1, 0.15) is 49.5 Å². The van der Waals surface area contributed by atoms with Crippen molar-refractivity contribution in [3.8, 4) is 0 Å². The number of nitrogens with one attached hydrogen (secondary N) is 1. The average molecular weight is 387 g/mol. The minimum Gasteiger partial charge on any atom is -0.465 e. The predicted molar refractivity (Wildman–Crippen MR) is 108 cm³/mol. The maximum atomic E-state index is 12.1. The fraction of sp³-hybridized carbons (Fsp3) is 0.455. The molecule has 6 nitrogen and oxygen atoms in total. The first kappa shape index (κ1) is 21.9.